The Labute approximate surface area is 85.2 Å². The Morgan fingerprint density at radius 2 is 2.31 bits per heavy atom. The molecule has 1 aromatic carbocycles. The normalized spacial score (nSPS) is 10.0. The molecular weight excluding hydrogens is 210 g/mol. The van der Waals surface area contributed by atoms with Crippen LogP contribution < -0.4 is 4.72 Å². The smallest absolute Gasteiger partial charge is 0.335 e. The molecule has 0 aliphatic heterocycles. The van der Waals surface area contributed by atoms with Crippen molar-refractivity contribution in [1.29, 1.82) is 0 Å². The van der Waals surface area contributed by atoms with Gasteiger partial charge in [0.05, 0.1) is 10.6 Å². The van der Waals surface area contributed by atoms with Crippen molar-refractivity contribution in [2.75, 3.05) is 7.05 Å². The van der Waals surface area contributed by atoms with Gasteiger partial charge >= 0.3 is 5.97 Å². The molecule has 0 aliphatic rings. The number of hydrogen-bond donors (Lipinski definition) is 2. The predicted octanol–water partition coefficient (Wildman–Crippen LogP) is 2.26. The van der Waals surface area contributed by atoms with Gasteiger partial charge in [-0.25, -0.2) is 4.79 Å². The minimum absolute atomic E-state index is 0.238. The molecule has 1 aromatic rings. The number of carboxylic acid groups (broad SMARTS) is 1. The van der Waals surface area contributed by atoms with Crippen LogP contribution in [0, 0.1) is 0 Å². The number of carboxylic acids is 1. The van der Waals surface area contributed by atoms with Crippen molar-refractivity contribution in [3.63, 3.8) is 0 Å². The molecule has 70 valence electrons. The molecule has 0 spiro atoms. The number of nitrogens with one attached hydrogen (secondary N) is 1. The topological polar surface area (TPSA) is 49.3 Å². The highest BCUT2D eigenvalue weighted by Crippen LogP contribution is 2.25. The summed E-state index contributed by atoms with van der Waals surface area (Å²) in [6, 6.07) is 4.58. The maximum absolute atomic E-state index is 10.6. The molecule has 0 amide bonds. The molecule has 0 saturated heterocycles. The summed E-state index contributed by atoms with van der Waals surface area (Å²) in [6.45, 7) is 0. The summed E-state index contributed by atoms with van der Waals surface area (Å²) in [4.78, 5) is 11.3. The fourth-order valence-corrected chi connectivity index (χ4v) is 1.63. The number of aromatic carboxylic acids is 1. The number of hydrogen-bond acceptors (Lipinski definition) is 3. The molecule has 0 radical (unpaired) electrons. The van der Waals surface area contributed by atoms with E-state index in [1.165, 1.54) is 24.1 Å². The second-order valence-corrected chi connectivity index (χ2v) is 3.72. The molecule has 0 saturated carbocycles. The van der Waals surface area contributed by atoms with Gasteiger partial charge in [0.15, 0.2) is 0 Å². The van der Waals surface area contributed by atoms with Gasteiger partial charge in [0.1, 0.15) is 0 Å². The van der Waals surface area contributed by atoms with Crippen LogP contribution in [0.1, 0.15) is 10.4 Å². The SMILES string of the molecule is CNSc1cc(C(=O)O)ccc1Cl. The van der Waals surface area contributed by atoms with Crippen molar-refractivity contribution in [1.82, 2.24) is 4.72 Å². The van der Waals surface area contributed by atoms with E-state index >= 15 is 0 Å². The van der Waals surface area contributed by atoms with Crippen molar-refractivity contribution in [2.45, 2.75) is 4.90 Å². The average molecular weight is 218 g/mol. The Hall–Kier alpha value is -0.710. The summed E-state index contributed by atoms with van der Waals surface area (Å²) in [5.74, 6) is -0.949. The third-order valence-electron chi connectivity index (χ3n) is 1.39. The van der Waals surface area contributed by atoms with Crippen LogP contribution in [0.5, 0.6) is 0 Å². The standard InChI is InChI=1S/C8H8ClNO2S/c1-10-13-7-4-5(8(11)12)2-3-6(7)9/h2-4,10H,1H3,(H,11,12). The van der Waals surface area contributed by atoms with Crippen molar-refractivity contribution < 1.29 is 9.90 Å². The van der Waals surface area contributed by atoms with E-state index in [1.807, 2.05) is 0 Å². The van der Waals surface area contributed by atoms with Crippen molar-refractivity contribution in [3.05, 3.63) is 28.8 Å². The van der Waals surface area contributed by atoms with Gasteiger partial charge in [-0.3, -0.25) is 4.72 Å². The van der Waals surface area contributed by atoms with Crippen LogP contribution in [0.25, 0.3) is 0 Å². The summed E-state index contributed by atoms with van der Waals surface area (Å²) in [5, 5.41) is 9.24. The fourth-order valence-electron chi connectivity index (χ4n) is 0.825. The van der Waals surface area contributed by atoms with Crippen LogP contribution >= 0.6 is 23.5 Å². The van der Waals surface area contributed by atoms with Crippen LogP contribution in [0.2, 0.25) is 5.02 Å². The monoisotopic (exact) mass is 217 g/mol. The first kappa shape index (κ1) is 10.4. The van der Waals surface area contributed by atoms with E-state index in [0.29, 0.717) is 9.92 Å². The molecule has 0 atom stereocenters. The summed E-state index contributed by atoms with van der Waals surface area (Å²) in [7, 11) is 1.74. The molecule has 2 N–H and O–H groups in total. The van der Waals surface area contributed by atoms with E-state index in [-0.39, 0.29) is 5.56 Å². The Bertz CT molecular complexity index is 330. The molecule has 0 aromatic heterocycles. The van der Waals surface area contributed by atoms with Gasteiger partial charge in [0.25, 0.3) is 0 Å². The highest BCUT2D eigenvalue weighted by molar-refractivity contribution is 7.97. The largest absolute Gasteiger partial charge is 0.478 e. The zero-order valence-electron chi connectivity index (χ0n) is 6.87. The van der Waals surface area contributed by atoms with E-state index in [9.17, 15) is 4.79 Å². The maximum atomic E-state index is 10.6. The van der Waals surface area contributed by atoms with Gasteiger partial charge in [-0.1, -0.05) is 11.6 Å². The first-order chi connectivity index (χ1) is 6.15. The van der Waals surface area contributed by atoms with E-state index in [2.05, 4.69) is 4.72 Å². The molecule has 0 heterocycles. The van der Waals surface area contributed by atoms with Crippen molar-refractivity contribution >= 4 is 29.5 Å². The molecule has 3 nitrogen and oxygen atoms in total. The average Bonchev–Trinajstić information content (AvgIpc) is 2.08. The fraction of sp³-hybridized carbons (Fsp3) is 0.125. The number of carbonyl (C=O) groups is 1. The van der Waals surface area contributed by atoms with Gasteiger partial charge in [-0.2, -0.15) is 0 Å². The number of benzene rings is 1. The van der Waals surface area contributed by atoms with Gasteiger partial charge in [-0.15, -0.1) is 0 Å². The molecule has 5 heteroatoms. The summed E-state index contributed by atoms with van der Waals surface area (Å²) in [6.07, 6.45) is 0. The van der Waals surface area contributed by atoms with Crippen molar-refractivity contribution in [3.8, 4) is 0 Å². The Morgan fingerprint density at radius 1 is 1.62 bits per heavy atom. The summed E-state index contributed by atoms with van der Waals surface area (Å²) in [5.41, 5.74) is 0.238. The van der Waals surface area contributed by atoms with Gasteiger partial charge in [-0.05, 0) is 37.2 Å². The third kappa shape index (κ3) is 2.62. The molecule has 0 unspecified atom stereocenters. The minimum Gasteiger partial charge on any atom is -0.478 e. The molecule has 1 rings (SSSR count). The van der Waals surface area contributed by atoms with Crippen LogP contribution in [0.4, 0.5) is 0 Å². The minimum atomic E-state index is -0.949. The maximum Gasteiger partial charge on any atom is 0.335 e. The highest BCUT2D eigenvalue weighted by Gasteiger charge is 2.06. The van der Waals surface area contributed by atoms with Crippen molar-refractivity contribution in [2.24, 2.45) is 0 Å². The van der Waals surface area contributed by atoms with Crippen LogP contribution in [0.3, 0.4) is 0 Å². The molecule has 13 heavy (non-hydrogen) atoms. The lowest BCUT2D eigenvalue weighted by Gasteiger charge is -2.03. The number of halogens is 1. The molecular formula is C8H8ClNO2S. The Morgan fingerprint density at radius 3 is 2.85 bits per heavy atom. The first-order valence-electron chi connectivity index (χ1n) is 3.51. The van der Waals surface area contributed by atoms with Gasteiger partial charge < -0.3 is 5.11 Å². The van der Waals surface area contributed by atoms with E-state index in [4.69, 9.17) is 16.7 Å². The van der Waals surface area contributed by atoms with E-state index < -0.39 is 5.97 Å². The second kappa shape index (κ2) is 4.50. The summed E-state index contributed by atoms with van der Waals surface area (Å²) < 4.78 is 2.83. The summed E-state index contributed by atoms with van der Waals surface area (Å²) >= 11 is 7.11. The van der Waals surface area contributed by atoms with Crippen LogP contribution in [-0.2, 0) is 0 Å². The lowest BCUT2D eigenvalue weighted by Crippen LogP contribution is -1.98. The Kier molecular flexibility index (Phi) is 3.59. The lowest BCUT2D eigenvalue weighted by atomic mass is 10.2. The molecule has 0 bridgehead atoms. The first-order valence-corrected chi connectivity index (χ1v) is 4.71. The van der Waals surface area contributed by atoms with Gasteiger partial charge in [0.2, 0.25) is 0 Å². The highest BCUT2D eigenvalue weighted by atomic mass is 35.5. The third-order valence-corrected chi connectivity index (χ3v) is 2.59. The zero-order valence-corrected chi connectivity index (χ0v) is 8.45. The predicted molar refractivity (Wildman–Crippen MR) is 53.3 cm³/mol. The Balaban J connectivity index is 3.03. The zero-order chi connectivity index (χ0) is 9.84. The number of rotatable bonds is 3. The van der Waals surface area contributed by atoms with Crippen LogP contribution in [0.15, 0.2) is 23.1 Å². The quantitative estimate of drug-likeness (QED) is 0.763. The second-order valence-electron chi connectivity index (χ2n) is 2.26. The lowest BCUT2D eigenvalue weighted by molar-refractivity contribution is 0.0696. The van der Waals surface area contributed by atoms with E-state index in [0.717, 1.165) is 0 Å². The van der Waals surface area contributed by atoms with E-state index in [1.54, 1.807) is 13.1 Å². The van der Waals surface area contributed by atoms with Crippen LogP contribution in [-0.4, -0.2) is 18.1 Å². The van der Waals surface area contributed by atoms with Gasteiger partial charge in [0, 0.05) is 4.90 Å². The molecule has 0 aliphatic carbocycles. The molecule has 0 fully saturated rings.